The highest BCUT2D eigenvalue weighted by molar-refractivity contribution is 5.46. The van der Waals surface area contributed by atoms with Crippen LogP contribution in [0.4, 0.5) is 11.5 Å². The molecule has 1 aromatic rings. The van der Waals surface area contributed by atoms with Gasteiger partial charge in [0.2, 0.25) is 0 Å². The molecule has 2 rings (SSSR count). The van der Waals surface area contributed by atoms with Crippen molar-refractivity contribution in [3.63, 3.8) is 0 Å². The van der Waals surface area contributed by atoms with Crippen molar-refractivity contribution in [2.75, 3.05) is 11.1 Å². The maximum absolute atomic E-state index is 5.54. The molecule has 1 heterocycles. The van der Waals surface area contributed by atoms with Gasteiger partial charge in [0.05, 0.1) is 11.9 Å². The first-order chi connectivity index (χ1) is 7.24. The molecule has 1 aromatic heterocycles. The largest absolute Gasteiger partial charge is 0.384 e. The molecule has 82 valence electrons. The van der Waals surface area contributed by atoms with E-state index in [1.54, 1.807) is 0 Å². The molecule has 3 N–H and O–H groups in total. The molecule has 3 heteroatoms. The van der Waals surface area contributed by atoms with E-state index in [-0.39, 0.29) is 0 Å². The van der Waals surface area contributed by atoms with Crippen LogP contribution in [-0.4, -0.2) is 11.0 Å². The second-order valence-electron chi connectivity index (χ2n) is 4.58. The number of nitrogens with two attached hydrogens (primary N) is 1. The predicted molar refractivity (Wildman–Crippen MR) is 63.7 cm³/mol. The van der Waals surface area contributed by atoms with Crippen LogP contribution in [0.3, 0.4) is 0 Å². The number of nitrogens with one attached hydrogen (secondary N) is 1. The van der Waals surface area contributed by atoms with Crippen LogP contribution in [0.5, 0.6) is 0 Å². The molecular weight excluding hydrogens is 186 g/mol. The molecule has 0 aromatic carbocycles. The molecule has 0 radical (unpaired) electrons. The number of pyridine rings is 1. The fourth-order valence-electron chi connectivity index (χ4n) is 2.29. The summed E-state index contributed by atoms with van der Waals surface area (Å²) in [4.78, 5) is 4.08. The van der Waals surface area contributed by atoms with Gasteiger partial charge in [-0.2, -0.15) is 0 Å². The van der Waals surface area contributed by atoms with E-state index in [0.29, 0.717) is 11.9 Å². The molecule has 0 saturated heterocycles. The van der Waals surface area contributed by atoms with Gasteiger partial charge in [-0.25, -0.2) is 4.98 Å². The average Bonchev–Trinajstić information content (AvgIpc) is 2.22. The molecule has 1 aliphatic carbocycles. The van der Waals surface area contributed by atoms with Gasteiger partial charge < -0.3 is 11.1 Å². The van der Waals surface area contributed by atoms with Gasteiger partial charge in [0.1, 0.15) is 5.82 Å². The highest BCUT2D eigenvalue weighted by Gasteiger charge is 2.18. The number of rotatable bonds is 2. The lowest BCUT2D eigenvalue weighted by Crippen LogP contribution is -2.26. The van der Waals surface area contributed by atoms with Crippen LogP contribution < -0.4 is 11.1 Å². The Kier molecular flexibility index (Phi) is 3.09. The van der Waals surface area contributed by atoms with E-state index in [2.05, 4.69) is 17.2 Å². The molecule has 1 saturated carbocycles. The number of anilines is 2. The number of nitrogen functional groups attached to an aromatic ring is 1. The van der Waals surface area contributed by atoms with Crippen molar-refractivity contribution < 1.29 is 0 Å². The molecule has 2 unspecified atom stereocenters. The lowest BCUT2D eigenvalue weighted by atomic mass is 9.87. The molecule has 2 atom stereocenters. The van der Waals surface area contributed by atoms with Crippen LogP contribution in [0.15, 0.2) is 18.3 Å². The van der Waals surface area contributed by atoms with Crippen molar-refractivity contribution in [3.05, 3.63) is 18.3 Å². The maximum Gasteiger partial charge on any atom is 0.123 e. The third-order valence-electron chi connectivity index (χ3n) is 3.09. The average molecular weight is 205 g/mol. The smallest absolute Gasteiger partial charge is 0.123 e. The Balaban J connectivity index is 1.93. The summed E-state index contributed by atoms with van der Waals surface area (Å²) in [5, 5.41) is 3.52. The Bertz CT molecular complexity index is 307. The molecule has 15 heavy (non-hydrogen) atoms. The second kappa shape index (κ2) is 4.51. The monoisotopic (exact) mass is 205 g/mol. The number of nitrogens with zero attached hydrogens (tertiary/aromatic N) is 1. The third kappa shape index (κ3) is 2.85. The Labute approximate surface area is 91.1 Å². The van der Waals surface area contributed by atoms with Crippen LogP contribution in [0.2, 0.25) is 0 Å². The van der Waals surface area contributed by atoms with E-state index in [1.165, 1.54) is 25.7 Å². The maximum atomic E-state index is 5.54. The molecule has 3 nitrogen and oxygen atoms in total. The van der Waals surface area contributed by atoms with Crippen molar-refractivity contribution in [2.24, 2.45) is 5.92 Å². The highest BCUT2D eigenvalue weighted by atomic mass is 14.9. The highest BCUT2D eigenvalue weighted by Crippen LogP contribution is 2.25. The van der Waals surface area contributed by atoms with Crippen LogP contribution in [0.1, 0.15) is 32.6 Å². The van der Waals surface area contributed by atoms with E-state index < -0.39 is 0 Å². The summed E-state index contributed by atoms with van der Waals surface area (Å²) in [6.45, 7) is 2.33. The molecule has 0 amide bonds. The predicted octanol–water partition coefficient (Wildman–Crippen LogP) is 2.65. The summed E-state index contributed by atoms with van der Waals surface area (Å²) < 4.78 is 0. The van der Waals surface area contributed by atoms with Gasteiger partial charge >= 0.3 is 0 Å². The Hall–Kier alpha value is -1.25. The first-order valence-corrected chi connectivity index (χ1v) is 5.72. The minimum atomic E-state index is 0.581. The summed E-state index contributed by atoms with van der Waals surface area (Å²) in [6, 6.07) is 4.45. The first kappa shape index (κ1) is 10.3. The van der Waals surface area contributed by atoms with E-state index in [9.17, 15) is 0 Å². The molecule has 1 aliphatic rings. The minimum Gasteiger partial charge on any atom is -0.384 e. The van der Waals surface area contributed by atoms with Gasteiger partial charge in [0.25, 0.3) is 0 Å². The molecule has 0 aliphatic heterocycles. The Morgan fingerprint density at radius 3 is 2.93 bits per heavy atom. The lowest BCUT2D eigenvalue weighted by Gasteiger charge is -2.28. The summed E-state index contributed by atoms with van der Waals surface area (Å²) >= 11 is 0. The fourth-order valence-corrected chi connectivity index (χ4v) is 2.29. The van der Waals surface area contributed by atoms with E-state index in [4.69, 9.17) is 5.73 Å². The van der Waals surface area contributed by atoms with Crippen LogP contribution in [0, 0.1) is 5.92 Å². The van der Waals surface area contributed by atoms with Crippen molar-refractivity contribution in [2.45, 2.75) is 38.6 Å². The lowest BCUT2D eigenvalue weighted by molar-refractivity contribution is 0.358. The Morgan fingerprint density at radius 2 is 2.27 bits per heavy atom. The van der Waals surface area contributed by atoms with Gasteiger partial charge in [-0.15, -0.1) is 0 Å². The van der Waals surface area contributed by atoms with Gasteiger partial charge in [0.15, 0.2) is 0 Å². The van der Waals surface area contributed by atoms with Crippen LogP contribution in [-0.2, 0) is 0 Å². The summed E-state index contributed by atoms with van der Waals surface area (Å²) in [7, 11) is 0. The van der Waals surface area contributed by atoms with Crippen molar-refractivity contribution in [3.8, 4) is 0 Å². The number of hydrogen-bond acceptors (Lipinski definition) is 3. The second-order valence-corrected chi connectivity index (χ2v) is 4.58. The van der Waals surface area contributed by atoms with Crippen molar-refractivity contribution in [1.29, 1.82) is 0 Å². The third-order valence-corrected chi connectivity index (χ3v) is 3.09. The van der Waals surface area contributed by atoms with Crippen molar-refractivity contribution in [1.82, 2.24) is 4.98 Å². The SMILES string of the molecule is CC1CCCC(Nc2ccc(N)nc2)C1. The summed E-state index contributed by atoms with van der Waals surface area (Å²) in [6.07, 6.45) is 7.06. The number of aromatic nitrogens is 1. The Morgan fingerprint density at radius 1 is 1.40 bits per heavy atom. The van der Waals surface area contributed by atoms with Gasteiger partial charge in [-0.1, -0.05) is 19.8 Å². The molecule has 0 spiro atoms. The first-order valence-electron chi connectivity index (χ1n) is 5.72. The van der Waals surface area contributed by atoms with Gasteiger partial charge in [-0.05, 0) is 30.9 Å². The van der Waals surface area contributed by atoms with Gasteiger partial charge in [-0.3, -0.25) is 0 Å². The molecular formula is C12H19N3. The van der Waals surface area contributed by atoms with Crippen LogP contribution >= 0.6 is 0 Å². The van der Waals surface area contributed by atoms with E-state index >= 15 is 0 Å². The zero-order valence-electron chi connectivity index (χ0n) is 9.24. The fraction of sp³-hybridized carbons (Fsp3) is 0.583. The normalized spacial score (nSPS) is 26.2. The zero-order valence-corrected chi connectivity index (χ0v) is 9.24. The van der Waals surface area contributed by atoms with Crippen LogP contribution in [0.25, 0.3) is 0 Å². The quantitative estimate of drug-likeness (QED) is 0.780. The summed E-state index contributed by atoms with van der Waals surface area (Å²) in [5.74, 6) is 1.43. The number of hydrogen-bond donors (Lipinski definition) is 2. The standard InChI is InChI=1S/C12H19N3/c1-9-3-2-4-10(7-9)15-11-5-6-12(13)14-8-11/h5-6,8-10,15H,2-4,7H2,1H3,(H2,13,14). The molecule has 1 fully saturated rings. The summed E-state index contributed by atoms with van der Waals surface area (Å²) in [5.41, 5.74) is 6.63. The molecule has 0 bridgehead atoms. The van der Waals surface area contributed by atoms with E-state index in [1.807, 2.05) is 18.3 Å². The topological polar surface area (TPSA) is 50.9 Å². The van der Waals surface area contributed by atoms with Crippen molar-refractivity contribution >= 4 is 11.5 Å². The minimum absolute atomic E-state index is 0.581. The van der Waals surface area contributed by atoms with Gasteiger partial charge in [0, 0.05) is 6.04 Å². The zero-order chi connectivity index (χ0) is 10.7. The van der Waals surface area contributed by atoms with E-state index in [0.717, 1.165) is 11.6 Å².